The highest BCUT2D eigenvalue weighted by atomic mass is 127. The van der Waals surface area contributed by atoms with Gasteiger partial charge in [-0.2, -0.15) is 0 Å². The topological polar surface area (TPSA) is 74.3 Å². The molecule has 88 valence electrons. The predicted molar refractivity (Wildman–Crippen MR) is 64.4 cm³/mol. The van der Waals surface area contributed by atoms with E-state index < -0.39 is 25.8 Å². The molecule has 5 nitrogen and oxygen atoms in total. The Balaban J connectivity index is 3.46. The number of nitrogens with zero attached hydrogens (tertiary/aromatic N) is 1. The lowest BCUT2D eigenvalue weighted by molar-refractivity contribution is -0.255. The van der Waals surface area contributed by atoms with Crippen LogP contribution in [-0.2, 0) is 6.14 Å². The molecule has 0 radical (unpaired) electrons. The molecule has 1 aromatic carbocycles. The third-order valence-corrected chi connectivity index (χ3v) is 4.00. The maximum absolute atomic E-state index is 10.9. The lowest BCUT2D eigenvalue weighted by atomic mass is 10.2. The number of carbonyl (C=O) groups is 1. The summed E-state index contributed by atoms with van der Waals surface area (Å²) in [5.74, 6) is -1.46. The molecular formula is C10H12INO4. The Morgan fingerprint density at radius 2 is 1.81 bits per heavy atom. The second-order valence-corrected chi connectivity index (χ2v) is 6.58. The van der Waals surface area contributed by atoms with Crippen LogP contribution in [-0.4, -0.2) is 27.1 Å². The number of hydrogen-bond acceptors (Lipinski definition) is 4. The molecule has 0 aliphatic heterocycles. The molecule has 0 aromatic heterocycles. The summed E-state index contributed by atoms with van der Waals surface area (Å²) in [6.45, 7) is 0. The third kappa shape index (κ3) is 2.76. The maximum Gasteiger partial charge on any atom is 0.341 e. The second-order valence-electron chi connectivity index (χ2n) is 4.18. The Morgan fingerprint density at radius 1 is 1.25 bits per heavy atom. The Bertz CT molecular complexity index is 492. The second kappa shape index (κ2) is 4.46. The van der Waals surface area contributed by atoms with E-state index in [-0.39, 0.29) is 9.13 Å². The largest absolute Gasteiger partial charge is 0.545 e. The summed E-state index contributed by atoms with van der Waals surface area (Å²) < 4.78 is 22.1. The van der Waals surface area contributed by atoms with Gasteiger partial charge in [0.1, 0.15) is 5.69 Å². The average molecular weight is 337 g/mol. The molecule has 0 atom stereocenters. The molecule has 0 spiro atoms. The van der Waals surface area contributed by atoms with Crippen molar-refractivity contribution in [3.05, 3.63) is 27.3 Å². The molecule has 0 heterocycles. The summed E-state index contributed by atoms with van der Waals surface area (Å²) in [4.78, 5) is 10.8. The lowest BCUT2D eigenvalue weighted by Crippen LogP contribution is -2.35. The smallest absolute Gasteiger partial charge is 0.341 e. The number of benzene rings is 1. The molecule has 16 heavy (non-hydrogen) atoms. The van der Waals surface area contributed by atoms with E-state index in [1.54, 1.807) is 6.07 Å². The quantitative estimate of drug-likeness (QED) is 0.599. The van der Waals surface area contributed by atoms with Gasteiger partial charge in [-0.05, 0) is 6.07 Å². The monoisotopic (exact) mass is 337 g/mol. The molecule has 1 aromatic rings. The van der Waals surface area contributed by atoms with Gasteiger partial charge in [0.25, 0.3) is 0 Å². The van der Waals surface area contributed by atoms with Gasteiger partial charge in [0.2, 0.25) is 0 Å². The first-order chi connectivity index (χ1) is 7.23. The summed E-state index contributed by atoms with van der Waals surface area (Å²) >= 11 is -3.80. The molecule has 0 aliphatic rings. The molecule has 0 fully saturated rings. The first-order valence-electron chi connectivity index (χ1n) is 4.46. The van der Waals surface area contributed by atoms with Crippen molar-refractivity contribution in [1.29, 1.82) is 0 Å². The standard InChI is InChI=1S/C10H12INO4/c1-12(2,3)7-4-5-9(11(15)16)8(6-7)10(13)14/h4-6H,1-3H3. The number of rotatable bonds is 3. The minimum absolute atomic E-state index is 0.124. The predicted octanol–water partition coefficient (Wildman–Crippen LogP) is 0.614. The fourth-order valence-electron chi connectivity index (χ4n) is 1.22. The van der Waals surface area contributed by atoms with E-state index >= 15 is 0 Å². The van der Waals surface area contributed by atoms with E-state index in [0.29, 0.717) is 10.2 Å². The van der Waals surface area contributed by atoms with Gasteiger partial charge >= 0.3 is 19.8 Å². The highest BCUT2D eigenvalue weighted by Crippen LogP contribution is 2.27. The number of halogens is 1. The van der Waals surface area contributed by atoms with Crippen molar-refractivity contribution in [3.8, 4) is 0 Å². The number of quaternary nitrogens is 1. The number of carboxylic acid groups (broad SMARTS) is 1. The van der Waals surface area contributed by atoms with Crippen molar-refractivity contribution >= 4 is 31.4 Å². The third-order valence-electron chi connectivity index (χ3n) is 2.11. The van der Waals surface area contributed by atoms with Crippen LogP contribution < -0.4 is 9.59 Å². The molecule has 0 amide bonds. The van der Waals surface area contributed by atoms with Gasteiger partial charge in [-0.3, -0.25) is 4.48 Å². The van der Waals surface area contributed by atoms with Crippen LogP contribution in [0.1, 0.15) is 10.4 Å². The van der Waals surface area contributed by atoms with Crippen molar-refractivity contribution in [3.63, 3.8) is 0 Å². The van der Waals surface area contributed by atoms with Crippen LogP contribution >= 0.6 is 19.8 Å². The van der Waals surface area contributed by atoms with E-state index in [1.165, 1.54) is 12.1 Å². The summed E-state index contributed by atoms with van der Waals surface area (Å²) in [6.07, 6.45) is 0. The van der Waals surface area contributed by atoms with E-state index in [1.807, 2.05) is 21.1 Å². The maximum atomic E-state index is 10.9. The van der Waals surface area contributed by atoms with Crippen LogP contribution in [0.4, 0.5) is 5.69 Å². The zero-order chi connectivity index (χ0) is 12.5. The van der Waals surface area contributed by atoms with Crippen LogP contribution in [0.2, 0.25) is 0 Å². The summed E-state index contributed by atoms with van der Waals surface area (Å²) in [5, 5.41) is 10.8. The zero-order valence-electron chi connectivity index (χ0n) is 9.19. The molecule has 6 heteroatoms. The van der Waals surface area contributed by atoms with Crippen molar-refractivity contribution in [2.24, 2.45) is 0 Å². The van der Waals surface area contributed by atoms with Crippen LogP contribution in [0.3, 0.4) is 0 Å². The van der Waals surface area contributed by atoms with Gasteiger partial charge in [-0.15, -0.1) is 0 Å². The van der Waals surface area contributed by atoms with Crippen molar-refractivity contribution in [2.45, 2.75) is 0 Å². The van der Waals surface area contributed by atoms with E-state index in [0.717, 1.165) is 0 Å². The number of carboxylic acids is 1. The minimum atomic E-state index is -3.80. The van der Waals surface area contributed by atoms with Gasteiger partial charge in [0, 0.05) is 17.7 Å². The van der Waals surface area contributed by atoms with Gasteiger partial charge in [0.15, 0.2) is 0 Å². The minimum Gasteiger partial charge on any atom is -0.545 e. The highest BCUT2D eigenvalue weighted by Gasteiger charge is 2.17. The Hall–Kier alpha value is -1.02. The van der Waals surface area contributed by atoms with Gasteiger partial charge in [0.05, 0.1) is 30.7 Å². The highest BCUT2D eigenvalue weighted by molar-refractivity contribution is 14.2. The molecular weight excluding hydrogens is 325 g/mol. The van der Waals surface area contributed by atoms with E-state index in [2.05, 4.69) is 0 Å². The molecule has 0 saturated carbocycles. The van der Waals surface area contributed by atoms with Crippen molar-refractivity contribution in [1.82, 2.24) is 4.48 Å². The van der Waals surface area contributed by atoms with Crippen LogP contribution in [0.25, 0.3) is 0 Å². The molecule has 0 aliphatic carbocycles. The van der Waals surface area contributed by atoms with Crippen molar-refractivity contribution < 1.29 is 16.0 Å². The number of aromatic carboxylic acids is 1. The van der Waals surface area contributed by atoms with E-state index in [9.17, 15) is 16.0 Å². The Labute approximate surface area is 100 Å². The molecule has 0 unspecified atom stereocenters. The van der Waals surface area contributed by atoms with Gasteiger partial charge in [-0.25, -0.2) is 6.14 Å². The van der Waals surface area contributed by atoms with E-state index in [4.69, 9.17) is 0 Å². The lowest BCUT2D eigenvalue weighted by Gasteiger charge is -2.24. The first kappa shape index (κ1) is 13.0. The number of hydrogen-bond donors (Lipinski definition) is 0. The van der Waals surface area contributed by atoms with Crippen LogP contribution in [0, 0.1) is 3.57 Å². The molecule has 0 saturated heterocycles. The van der Waals surface area contributed by atoms with Gasteiger partial charge < -0.3 is 9.90 Å². The SMILES string of the molecule is C[N+](C)(C)c1ccc(I(=O)=O)c(C(=O)[O-])c1. The van der Waals surface area contributed by atoms with Crippen molar-refractivity contribution in [2.75, 3.05) is 21.1 Å². The van der Waals surface area contributed by atoms with Gasteiger partial charge in [-0.1, -0.05) is 0 Å². The normalized spacial score (nSPS) is 11.8. The zero-order valence-corrected chi connectivity index (χ0v) is 11.3. The van der Waals surface area contributed by atoms with Crippen LogP contribution in [0.15, 0.2) is 18.2 Å². The van der Waals surface area contributed by atoms with Crippen LogP contribution in [0.5, 0.6) is 0 Å². The molecule has 1 rings (SSSR count). The average Bonchev–Trinajstić information content (AvgIpc) is 2.15. The summed E-state index contributed by atoms with van der Waals surface area (Å²) in [5.41, 5.74) is 0.460. The fourth-order valence-corrected chi connectivity index (χ4v) is 2.55. The summed E-state index contributed by atoms with van der Waals surface area (Å²) in [6, 6.07) is 4.29. The number of carbonyl (C=O) groups excluding carboxylic acids is 1. The molecule has 0 N–H and O–H groups in total. The molecule has 0 bridgehead atoms. The Kier molecular flexibility index (Phi) is 3.64. The Morgan fingerprint density at radius 3 is 2.19 bits per heavy atom. The fraction of sp³-hybridized carbons (Fsp3) is 0.300. The summed E-state index contributed by atoms with van der Waals surface area (Å²) in [7, 11) is 5.58. The first-order valence-corrected chi connectivity index (χ1v) is 7.30.